The highest BCUT2D eigenvalue weighted by Crippen LogP contribution is 2.21. The molecule has 0 saturated heterocycles. The molecule has 0 aromatic heterocycles. The van der Waals surface area contributed by atoms with E-state index < -0.39 is 34.2 Å². The van der Waals surface area contributed by atoms with E-state index in [4.69, 9.17) is 0 Å². The maximum Gasteiger partial charge on any atom is 0.304 e. The zero-order chi connectivity index (χ0) is 25.7. The van der Waals surface area contributed by atoms with E-state index in [2.05, 4.69) is 5.32 Å². The van der Waals surface area contributed by atoms with Gasteiger partial charge in [0.2, 0.25) is 11.8 Å². The van der Waals surface area contributed by atoms with E-state index >= 15 is 0 Å². The van der Waals surface area contributed by atoms with E-state index in [1.165, 1.54) is 19.0 Å². The standard InChI is InChI=1S/C25H36N4O4S/c1-19-13-11-12-14-21(19)17-28(20(2)24(31)26-25(3,4)5)23(30)18-29(34(32,33)27(6)7)22-15-9-8-10-16-22/h8-16,20H,17-18H2,1-7H3,(H,26,31)/t20-/m0/s1. The second kappa shape index (κ2) is 11.0. The first-order valence-electron chi connectivity index (χ1n) is 11.2. The van der Waals surface area contributed by atoms with Gasteiger partial charge in [-0.1, -0.05) is 42.5 Å². The molecule has 0 radical (unpaired) electrons. The molecule has 0 spiro atoms. The first-order chi connectivity index (χ1) is 15.7. The van der Waals surface area contributed by atoms with Gasteiger partial charge in [0.25, 0.3) is 0 Å². The lowest BCUT2D eigenvalue weighted by molar-refractivity contribution is -0.140. The lowest BCUT2D eigenvalue weighted by Crippen LogP contribution is -2.55. The van der Waals surface area contributed by atoms with Crippen LogP contribution in [0.2, 0.25) is 0 Å². The van der Waals surface area contributed by atoms with Crippen LogP contribution in [0.4, 0.5) is 5.69 Å². The van der Waals surface area contributed by atoms with Gasteiger partial charge >= 0.3 is 10.2 Å². The molecular formula is C25H36N4O4S. The van der Waals surface area contributed by atoms with Crippen molar-refractivity contribution in [2.45, 2.75) is 52.7 Å². The molecule has 8 nitrogen and oxygen atoms in total. The molecule has 1 N–H and O–H groups in total. The summed E-state index contributed by atoms with van der Waals surface area (Å²) in [5.41, 5.74) is 1.75. The van der Waals surface area contributed by atoms with Crippen molar-refractivity contribution in [1.82, 2.24) is 14.5 Å². The summed E-state index contributed by atoms with van der Waals surface area (Å²) in [5, 5.41) is 2.92. The number of hydrogen-bond donors (Lipinski definition) is 1. The summed E-state index contributed by atoms with van der Waals surface area (Å²) in [7, 11) is -1.12. The van der Waals surface area contributed by atoms with Crippen molar-refractivity contribution >= 4 is 27.7 Å². The first-order valence-corrected chi connectivity index (χ1v) is 12.5. The van der Waals surface area contributed by atoms with Crippen LogP contribution < -0.4 is 9.62 Å². The van der Waals surface area contributed by atoms with Crippen LogP contribution in [-0.4, -0.2) is 61.7 Å². The van der Waals surface area contributed by atoms with Crippen molar-refractivity contribution in [3.05, 3.63) is 65.7 Å². The fourth-order valence-corrected chi connectivity index (χ4v) is 4.39. The van der Waals surface area contributed by atoms with Crippen molar-refractivity contribution in [2.24, 2.45) is 0 Å². The molecule has 0 unspecified atom stereocenters. The normalized spacial score (nSPS) is 12.8. The topological polar surface area (TPSA) is 90.0 Å². The average molecular weight is 489 g/mol. The highest BCUT2D eigenvalue weighted by Gasteiger charge is 2.33. The van der Waals surface area contributed by atoms with E-state index in [9.17, 15) is 18.0 Å². The SMILES string of the molecule is Cc1ccccc1CN(C(=O)CN(c1ccccc1)S(=O)(=O)N(C)C)[C@@H](C)C(=O)NC(C)(C)C. The molecule has 2 rings (SSSR count). The Kier molecular flexibility index (Phi) is 8.85. The Morgan fingerprint density at radius 2 is 1.53 bits per heavy atom. The molecule has 0 aliphatic rings. The number of anilines is 1. The summed E-state index contributed by atoms with van der Waals surface area (Å²) in [6, 6.07) is 15.3. The Bertz CT molecular complexity index is 1100. The fourth-order valence-electron chi connectivity index (χ4n) is 3.34. The van der Waals surface area contributed by atoms with Gasteiger partial charge in [0, 0.05) is 26.2 Å². The van der Waals surface area contributed by atoms with Crippen molar-refractivity contribution in [2.75, 3.05) is 24.9 Å². The van der Waals surface area contributed by atoms with E-state index in [0.29, 0.717) is 5.69 Å². The van der Waals surface area contributed by atoms with Gasteiger partial charge in [-0.3, -0.25) is 9.59 Å². The summed E-state index contributed by atoms with van der Waals surface area (Å²) in [6.45, 7) is 8.93. The zero-order valence-electron chi connectivity index (χ0n) is 21.1. The van der Waals surface area contributed by atoms with E-state index in [0.717, 1.165) is 19.7 Å². The Morgan fingerprint density at radius 3 is 2.06 bits per heavy atom. The lowest BCUT2D eigenvalue weighted by atomic mass is 10.1. The minimum absolute atomic E-state index is 0.175. The van der Waals surface area contributed by atoms with Crippen LogP contribution in [0.5, 0.6) is 0 Å². The predicted molar refractivity (Wildman–Crippen MR) is 135 cm³/mol. The monoisotopic (exact) mass is 488 g/mol. The van der Waals surface area contributed by atoms with Gasteiger partial charge in [0.1, 0.15) is 12.6 Å². The summed E-state index contributed by atoms with van der Waals surface area (Å²) >= 11 is 0. The maximum atomic E-state index is 13.6. The predicted octanol–water partition coefficient (Wildman–Crippen LogP) is 2.94. The minimum atomic E-state index is -3.96. The number of amides is 2. The second-order valence-corrected chi connectivity index (χ2v) is 11.6. The maximum absolute atomic E-state index is 13.6. The highest BCUT2D eigenvalue weighted by atomic mass is 32.2. The Morgan fingerprint density at radius 1 is 0.971 bits per heavy atom. The third-order valence-electron chi connectivity index (χ3n) is 5.33. The molecule has 0 heterocycles. The summed E-state index contributed by atoms with van der Waals surface area (Å²) in [6.07, 6.45) is 0. The van der Waals surface area contributed by atoms with E-state index in [1.54, 1.807) is 37.3 Å². The molecule has 1 atom stereocenters. The molecule has 0 fully saturated rings. The molecule has 0 aliphatic heterocycles. The van der Waals surface area contributed by atoms with Crippen LogP contribution in [0.3, 0.4) is 0 Å². The number of nitrogens with zero attached hydrogens (tertiary/aromatic N) is 3. The van der Waals surface area contributed by atoms with Crippen molar-refractivity contribution in [1.29, 1.82) is 0 Å². The number of nitrogens with one attached hydrogen (secondary N) is 1. The van der Waals surface area contributed by atoms with Gasteiger partial charge in [0.05, 0.1) is 5.69 Å². The quantitative estimate of drug-likeness (QED) is 0.588. The summed E-state index contributed by atoms with van der Waals surface area (Å²) < 4.78 is 28.3. The second-order valence-electron chi connectivity index (χ2n) is 9.50. The molecule has 0 bridgehead atoms. The third kappa shape index (κ3) is 7.04. The van der Waals surface area contributed by atoms with Crippen LogP contribution in [0.15, 0.2) is 54.6 Å². The van der Waals surface area contributed by atoms with Crippen molar-refractivity contribution < 1.29 is 18.0 Å². The Labute approximate surface area is 203 Å². The van der Waals surface area contributed by atoms with Crippen LogP contribution in [-0.2, 0) is 26.3 Å². The first kappa shape index (κ1) is 27.3. The number of carbonyl (C=O) groups excluding carboxylic acids is 2. The average Bonchev–Trinajstić information content (AvgIpc) is 2.75. The molecule has 0 aliphatic carbocycles. The largest absolute Gasteiger partial charge is 0.350 e. The number of hydrogen-bond acceptors (Lipinski definition) is 4. The van der Waals surface area contributed by atoms with Crippen molar-refractivity contribution in [3.8, 4) is 0 Å². The van der Waals surface area contributed by atoms with Gasteiger partial charge in [-0.2, -0.15) is 12.7 Å². The van der Waals surface area contributed by atoms with Gasteiger partial charge in [0.15, 0.2) is 0 Å². The molecule has 2 aromatic rings. The molecule has 0 saturated carbocycles. The minimum Gasteiger partial charge on any atom is -0.350 e. The summed E-state index contributed by atoms with van der Waals surface area (Å²) in [5.74, 6) is -0.787. The third-order valence-corrected chi connectivity index (χ3v) is 7.15. The van der Waals surface area contributed by atoms with Gasteiger partial charge < -0.3 is 10.2 Å². The Hall–Kier alpha value is -2.91. The van der Waals surface area contributed by atoms with Crippen LogP contribution in [0.25, 0.3) is 0 Å². The molecule has 9 heteroatoms. The lowest BCUT2D eigenvalue weighted by Gasteiger charge is -2.34. The number of para-hydroxylation sites is 1. The van der Waals surface area contributed by atoms with E-state index in [-0.39, 0.29) is 12.5 Å². The van der Waals surface area contributed by atoms with Gasteiger partial charge in [-0.05, 0) is 57.9 Å². The number of benzene rings is 2. The zero-order valence-corrected chi connectivity index (χ0v) is 21.9. The highest BCUT2D eigenvalue weighted by molar-refractivity contribution is 7.90. The van der Waals surface area contributed by atoms with Crippen LogP contribution >= 0.6 is 0 Å². The van der Waals surface area contributed by atoms with Crippen molar-refractivity contribution in [3.63, 3.8) is 0 Å². The Balaban J connectivity index is 2.46. The van der Waals surface area contributed by atoms with Gasteiger partial charge in [-0.15, -0.1) is 0 Å². The summed E-state index contributed by atoms with van der Waals surface area (Å²) in [4.78, 5) is 28.1. The molecule has 2 aromatic carbocycles. The number of carbonyl (C=O) groups is 2. The molecule has 2 amide bonds. The van der Waals surface area contributed by atoms with Crippen LogP contribution in [0, 0.1) is 6.92 Å². The fraction of sp³-hybridized carbons (Fsp3) is 0.440. The number of rotatable bonds is 9. The number of aryl methyl sites for hydroxylation is 1. The molecule has 186 valence electrons. The smallest absolute Gasteiger partial charge is 0.304 e. The van der Waals surface area contributed by atoms with Gasteiger partial charge in [-0.25, -0.2) is 4.31 Å². The van der Waals surface area contributed by atoms with E-state index in [1.807, 2.05) is 52.0 Å². The molecular weight excluding hydrogens is 452 g/mol. The van der Waals surface area contributed by atoms with Crippen LogP contribution in [0.1, 0.15) is 38.8 Å². The molecule has 34 heavy (non-hydrogen) atoms.